The lowest BCUT2D eigenvalue weighted by atomic mass is 10.0. The summed E-state index contributed by atoms with van der Waals surface area (Å²) in [6.45, 7) is 11.2. The molecule has 3 rings (SSSR count). The third-order valence-electron chi connectivity index (χ3n) is 6.03. The van der Waals surface area contributed by atoms with Gasteiger partial charge in [-0.3, -0.25) is 9.69 Å². The minimum atomic E-state index is -0.212. The van der Waals surface area contributed by atoms with E-state index in [9.17, 15) is 9.59 Å². The Bertz CT molecular complexity index is 698. The van der Waals surface area contributed by atoms with Gasteiger partial charge in [-0.25, -0.2) is 4.79 Å². The summed E-state index contributed by atoms with van der Waals surface area (Å²) in [5.74, 6) is 0.220. The number of carbonyl (C=O) groups is 2. The zero-order chi connectivity index (χ0) is 20.1. The van der Waals surface area contributed by atoms with Crippen molar-refractivity contribution in [3.8, 4) is 0 Å². The molecule has 0 spiro atoms. The van der Waals surface area contributed by atoms with Gasteiger partial charge in [0.15, 0.2) is 0 Å². The summed E-state index contributed by atoms with van der Waals surface area (Å²) in [5, 5.41) is 0. The van der Waals surface area contributed by atoms with Crippen molar-refractivity contribution in [2.75, 3.05) is 45.9 Å². The molecule has 2 aliphatic heterocycles. The highest BCUT2D eigenvalue weighted by molar-refractivity contribution is 5.79. The SMILES string of the molecule is CCOC(=O)N1CCN(C2CCCN(C(=O)Cc3ccc(C)c(C)c3)C2)CC1. The molecule has 1 atom stereocenters. The highest BCUT2D eigenvalue weighted by atomic mass is 16.6. The number of benzene rings is 1. The van der Waals surface area contributed by atoms with E-state index in [-0.39, 0.29) is 12.0 Å². The van der Waals surface area contributed by atoms with Crippen LogP contribution in [0.5, 0.6) is 0 Å². The van der Waals surface area contributed by atoms with Gasteiger partial charge in [-0.15, -0.1) is 0 Å². The number of ether oxygens (including phenoxy) is 1. The first kappa shape index (κ1) is 20.6. The second kappa shape index (κ2) is 9.41. The van der Waals surface area contributed by atoms with Gasteiger partial charge >= 0.3 is 6.09 Å². The zero-order valence-corrected chi connectivity index (χ0v) is 17.4. The molecule has 2 fully saturated rings. The highest BCUT2D eigenvalue weighted by Gasteiger charge is 2.31. The van der Waals surface area contributed by atoms with Crippen LogP contribution in [0.1, 0.15) is 36.5 Å². The predicted molar refractivity (Wildman–Crippen MR) is 109 cm³/mol. The smallest absolute Gasteiger partial charge is 0.409 e. The molecule has 2 aliphatic rings. The maximum Gasteiger partial charge on any atom is 0.409 e. The zero-order valence-electron chi connectivity index (χ0n) is 17.4. The van der Waals surface area contributed by atoms with Gasteiger partial charge in [0, 0.05) is 45.3 Å². The first-order chi connectivity index (χ1) is 13.5. The largest absolute Gasteiger partial charge is 0.450 e. The summed E-state index contributed by atoms with van der Waals surface area (Å²) in [5.41, 5.74) is 3.59. The van der Waals surface area contributed by atoms with Crippen LogP contribution in [0.15, 0.2) is 18.2 Å². The molecule has 6 nitrogen and oxygen atoms in total. The first-order valence-electron chi connectivity index (χ1n) is 10.5. The van der Waals surface area contributed by atoms with E-state index < -0.39 is 0 Å². The van der Waals surface area contributed by atoms with E-state index >= 15 is 0 Å². The number of nitrogens with zero attached hydrogens (tertiary/aromatic N) is 3. The average Bonchev–Trinajstić information content (AvgIpc) is 2.71. The quantitative estimate of drug-likeness (QED) is 0.797. The van der Waals surface area contributed by atoms with E-state index in [1.165, 1.54) is 11.1 Å². The minimum absolute atomic E-state index is 0.212. The molecule has 0 bridgehead atoms. The molecule has 2 saturated heterocycles. The summed E-state index contributed by atoms with van der Waals surface area (Å²) in [4.78, 5) is 31.0. The minimum Gasteiger partial charge on any atom is -0.450 e. The van der Waals surface area contributed by atoms with Crippen LogP contribution in [0.4, 0.5) is 4.79 Å². The van der Waals surface area contributed by atoms with Crippen LogP contribution >= 0.6 is 0 Å². The van der Waals surface area contributed by atoms with Crippen LogP contribution < -0.4 is 0 Å². The molecule has 1 aromatic carbocycles. The predicted octanol–water partition coefficient (Wildman–Crippen LogP) is 2.61. The van der Waals surface area contributed by atoms with Crippen molar-refractivity contribution in [1.82, 2.24) is 14.7 Å². The molecular formula is C22H33N3O3. The van der Waals surface area contributed by atoms with E-state index in [1.54, 1.807) is 4.90 Å². The summed E-state index contributed by atoms with van der Waals surface area (Å²) in [6, 6.07) is 6.68. The van der Waals surface area contributed by atoms with E-state index in [0.29, 0.717) is 32.2 Å². The molecule has 0 aromatic heterocycles. The number of hydrogen-bond acceptors (Lipinski definition) is 4. The van der Waals surface area contributed by atoms with Gasteiger partial charge in [-0.2, -0.15) is 0 Å². The summed E-state index contributed by atoms with van der Waals surface area (Å²) in [7, 11) is 0. The normalized spacial score (nSPS) is 20.9. The van der Waals surface area contributed by atoms with Crippen LogP contribution in [0.25, 0.3) is 0 Å². The maximum absolute atomic E-state index is 12.8. The molecular weight excluding hydrogens is 354 g/mol. The monoisotopic (exact) mass is 387 g/mol. The number of piperidine rings is 1. The molecule has 6 heteroatoms. The number of likely N-dealkylation sites (tertiary alicyclic amines) is 1. The topological polar surface area (TPSA) is 53.1 Å². The highest BCUT2D eigenvalue weighted by Crippen LogP contribution is 2.19. The molecule has 2 amide bonds. The fourth-order valence-electron chi connectivity index (χ4n) is 4.16. The maximum atomic E-state index is 12.8. The lowest BCUT2D eigenvalue weighted by Crippen LogP contribution is -2.56. The standard InChI is InChI=1S/C22H33N3O3/c1-4-28-22(27)24-12-10-23(11-13-24)20-6-5-9-25(16-20)21(26)15-19-8-7-17(2)18(3)14-19/h7-8,14,20H,4-6,9-13,15-16H2,1-3H3. The van der Waals surface area contributed by atoms with Crippen LogP contribution in [-0.2, 0) is 16.0 Å². The van der Waals surface area contributed by atoms with Crippen LogP contribution in [-0.4, -0.2) is 78.6 Å². The Morgan fingerprint density at radius 3 is 2.46 bits per heavy atom. The van der Waals surface area contributed by atoms with Crippen molar-refractivity contribution in [3.63, 3.8) is 0 Å². The molecule has 0 N–H and O–H groups in total. The second-order valence-corrected chi connectivity index (χ2v) is 7.95. The molecule has 154 valence electrons. The number of rotatable bonds is 4. The van der Waals surface area contributed by atoms with E-state index in [1.807, 2.05) is 11.8 Å². The third kappa shape index (κ3) is 5.04. The van der Waals surface area contributed by atoms with Crippen LogP contribution in [0.3, 0.4) is 0 Å². The number of aryl methyl sites for hydroxylation is 2. The third-order valence-corrected chi connectivity index (χ3v) is 6.03. The average molecular weight is 388 g/mol. The number of amides is 2. The van der Waals surface area contributed by atoms with Crippen LogP contribution in [0.2, 0.25) is 0 Å². The van der Waals surface area contributed by atoms with Gasteiger partial charge in [0.1, 0.15) is 0 Å². The van der Waals surface area contributed by atoms with E-state index in [4.69, 9.17) is 4.74 Å². The molecule has 28 heavy (non-hydrogen) atoms. The van der Waals surface area contributed by atoms with Gasteiger partial charge in [0.2, 0.25) is 5.91 Å². The van der Waals surface area contributed by atoms with Crippen molar-refractivity contribution in [3.05, 3.63) is 34.9 Å². The lowest BCUT2D eigenvalue weighted by Gasteiger charge is -2.43. The molecule has 0 radical (unpaired) electrons. The number of piperazine rings is 1. The lowest BCUT2D eigenvalue weighted by molar-refractivity contribution is -0.132. The number of carbonyl (C=O) groups excluding carboxylic acids is 2. The van der Waals surface area contributed by atoms with Gasteiger partial charge < -0.3 is 14.5 Å². The Balaban J connectivity index is 1.52. The van der Waals surface area contributed by atoms with E-state index in [0.717, 1.165) is 44.6 Å². The second-order valence-electron chi connectivity index (χ2n) is 7.95. The fraction of sp³-hybridized carbons (Fsp3) is 0.636. The Morgan fingerprint density at radius 1 is 1.04 bits per heavy atom. The number of hydrogen-bond donors (Lipinski definition) is 0. The summed E-state index contributed by atoms with van der Waals surface area (Å²) >= 11 is 0. The van der Waals surface area contributed by atoms with Gasteiger partial charge in [-0.05, 0) is 50.3 Å². The Labute approximate surface area is 168 Å². The van der Waals surface area contributed by atoms with Gasteiger partial charge in [-0.1, -0.05) is 18.2 Å². The Morgan fingerprint density at radius 2 is 1.79 bits per heavy atom. The molecule has 2 heterocycles. The Kier molecular flexibility index (Phi) is 6.94. The summed E-state index contributed by atoms with van der Waals surface area (Å²) < 4.78 is 5.10. The van der Waals surface area contributed by atoms with E-state index in [2.05, 4.69) is 36.9 Å². The van der Waals surface area contributed by atoms with Crippen molar-refractivity contribution < 1.29 is 14.3 Å². The first-order valence-corrected chi connectivity index (χ1v) is 10.5. The van der Waals surface area contributed by atoms with Crippen LogP contribution in [0, 0.1) is 13.8 Å². The molecule has 1 aromatic rings. The fourth-order valence-corrected chi connectivity index (χ4v) is 4.16. The van der Waals surface area contributed by atoms with Crippen molar-refractivity contribution in [2.24, 2.45) is 0 Å². The van der Waals surface area contributed by atoms with Gasteiger partial charge in [0.05, 0.1) is 13.0 Å². The molecule has 1 unspecified atom stereocenters. The summed E-state index contributed by atoms with van der Waals surface area (Å²) in [6.07, 6.45) is 2.43. The molecule has 0 aliphatic carbocycles. The van der Waals surface area contributed by atoms with Crippen molar-refractivity contribution in [2.45, 2.75) is 46.1 Å². The Hall–Kier alpha value is -2.08. The molecule has 0 saturated carbocycles. The van der Waals surface area contributed by atoms with Crippen molar-refractivity contribution in [1.29, 1.82) is 0 Å². The van der Waals surface area contributed by atoms with Gasteiger partial charge in [0.25, 0.3) is 0 Å². The van der Waals surface area contributed by atoms with Crippen molar-refractivity contribution >= 4 is 12.0 Å².